The van der Waals surface area contributed by atoms with Crippen LogP contribution in [0.3, 0.4) is 0 Å². The van der Waals surface area contributed by atoms with E-state index in [4.69, 9.17) is 9.97 Å². The van der Waals surface area contributed by atoms with Crippen LogP contribution in [-0.4, -0.2) is 14.5 Å². The Morgan fingerprint density at radius 3 is 2.18 bits per heavy atom. The van der Waals surface area contributed by atoms with Crippen molar-refractivity contribution in [3.63, 3.8) is 0 Å². The zero-order valence-electron chi connectivity index (χ0n) is 22.4. The lowest BCUT2D eigenvalue weighted by molar-refractivity contribution is 0.589. The average Bonchev–Trinajstić information content (AvgIpc) is 3.30. The van der Waals surface area contributed by atoms with Gasteiger partial charge >= 0.3 is 0 Å². The summed E-state index contributed by atoms with van der Waals surface area (Å²) in [5.41, 5.74) is 8.99. The van der Waals surface area contributed by atoms with Crippen molar-refractivity contribution in [2.75, 3.05) is 0 Å². The largest absolute Gasteiger partial charge is 0.309 e. The summed E-state index contributed by atoms with van der Waals surface area (Å²) in [5.74, 6) is 0. The highest BCUT2D eigenvalue weighted by Crippen LogP contribution is 2.36. The number of pyridine rings is 2. The smallest absolute Gasteiger partial charge is 0.0709 e. The molecule has 0 saturated heterocycles. The maximum absolute atomic E-state index is 4.80. The van der Waals surface area contributed by atoms with E-state index in [1.54, 1.807) is 0 Å². The minimum absolute atomic E-state index is 0.0648. The Labute approximate surface area is 228 Å². The van der Waals surface area contributed by atoms with Crippen molar-refractivity contribution in [1.29, 1.82) is 0 Å². The van der Waals surface area contributed by atoms with Crippen LogP contribution in [0.4, 0.5) is 0 Å². The van der Waals surface area contributed by atoms with Crippen LogP contribution in [0.15, 0.2) is 122 Å². The van der Waals surface area contributed by atoms with Gasteiger partial charge in [-0.15, -0.1) is 0 Å². The molecule has 7 rings (SSSR count). The second-order valence-electron chi connectivity index (χ2n) is 11.2. The topological polar surface area (TPSA) is 30.7 Å². The van der Waals surface area contributed by atoms with E-state index in [0.717, 1.165) is 39.1 Å². The summed E-state index contributed by atoms with van der Waals surface area (Å²) >= 11 is 0. The molecule has 0 spiro atoms. The van der Waals surface area contributed by atoms with Crippen molar-refractivity contribution in [2.24, 2.45) is 0 Å². The van der Waals surface area contributed by atoms with Crippen molar-refractivity contribution < 1.29 is 0 Å². The number of nitrogens with zero attached hydrogens (tertiary/aromatic N) is 3. The zero-order chi connectivity index (χ0) is 26.6. The van der Waals surface area contributed by atoms with Gasteiger partial charge in [-0.2, -0.15) is 0 Å². The van der Waals surface area contributed by atoms with E-state index in [9.17, 15) is 0 Å². The molecular formula is C36H29N3. The second kappa shape index (κ2) is 8.92. The predicted molar refractivity (Wildman–Crippen MR) is 163 cm³/mol. The quantitative estimate of drug-likeness (QED) is 0.240. The van der Waals surface area contributed by atoms with E-state index in [-0.39, 0.29) is 5.41 Å². The molecule has 0 fully saturated rings. The summed E-state index contributed by atoms with van der Waals surface area (Å²) in [5, 5.41) is 4.82. The fourth-order valence-electron chi connectivity index (χ4n) is 5.51. The second-order valence-corrected chi connectivity index (χ2v) is 11.2. The summed E-state index contributed by atoms with van der Waals surface area (Å²) in [4.78, 5) is 9.54. The SMILES string of the molecule is CC(C)(C)c1ccnc(-c2cccc(-n3c4ccccc4c4ccc(-c5cc6ccccc6cn5)cc43)c2)c1. The molecule has 188 valence electrons. The summed E-state index contributed by atoms with van der Waals surface area (Å²) in [7, 11) is 0. The highest BCUT2D eigenvalue weighted by molar-refractivity contribution is 6.10. The molecule has 0 aliphatic carbocycles. The lowest BCUT2D eigenvalue weighted by atomic mass is 9.87. The Bertz CT molecular complexity index is 2010. The number of hydrogen-bond acceptors (Lipinski definition) is 2. The third kappa shape index (κ3) is 4.07. The summed E-state index contributed by atoms with van der Waals surface area (Å²) in [6, 6.07) is 38.9. The van der Waals surface area contributed by atoms with Gasteiger partial charge in [-0.3, -0.25) is 9.97 Å². The molecule has 7 aromatic rings. The molecule has 0 unspecified atom stereocenters. The molecule has 3 nitrogen and oxygen atoms in total. The Kier molecular flexibility index (Phi) is 5.34. The molecule has 39 heavy (non-hydrogen) atoms. The predicted octanol–water partition coefficient (Wildman–Crippen LogP) is 9.36. The van der Waals surface area contributed by atoms with Gasteiger partial charge in [-0.25, -0.2) is 0 Å². The molecule has 3 aromatic heterocycles. The van der Waals surface area contributed by atoms with Gasteiger partial charge in [0.05, 0.1) is 22.4 Å². The van der Waals surface area contributed by atoms with Gasteiger partial charge in [0, 0.05) is 45.4 Å². The van der Waals surface area contributed by atoms with Crippen LogP contribution in [0.25, 0.3) is 60.8 Å². The normalized spacial score (nSPS) is 12.0. The van der Waals surface area contributed by atoms with Gasteiger partial charge in [0.25, 0.3) is 0 Å². The van der Waals surface area contributed by atoms with Gasteiger partial charge in [0.15, 0.2) is 0 Å². The molecule has 4 aromatic carbocycles. The minimum atomic E-state index is 0.0648. The summed E-state index contributed by atoms with van der Waals surface area (Å²) < 4.78 is 2.37. The van der Waals surface area contributed by atoms with Crippen molar-refractivity contribution in [3.05, 3.63) is 127 Å². The fourth-order valence-corrected chi connectivity index (χ4v) is 5.51. The molecule has 0 atom stereocenters. The van der Waals surface area contributed by atoms with Crippen LogP contribution in [-0.2, 0) is 5.41 Å². The van der Waals surface area contributed by atoms with E-state index in [0.29, 0.717) is 0 Å². The zero-order valence-corrected chi connectivity index (χ0v) is 22.4. The average molecular weight is 504 g/mol. The lowest BCUT2D eigenvalue weighted by Crippen LogP contribution is -2.11. The Morgan fingerprint density at radius 2 is 1.31 bits per heavy atom. The first kappa shape index (κ1) is 23.4. The third-order valence-corrected chi connectivity index (χ3v) is 7.63. The number of aromatic nitrogens is 3. The lowest BCUT2D eigenvalue weighted by Gasteiger charge is -2.19. The number of rotatable bonds is 3. The maximum Gasteiger partial charge on any atom is 0.0709 e. The number of hydrogen-bond donors (Lipinski definition) is 0. The van der Waals surface area contributed by atoms with Crippen molar-refractivity contribution >= 4 is 32.6 Å². The van der Waals surface area contributed by atoms with Gasteiger partial charge in [-0.05, 0) is 58.8 Å². The molecule has 0 bridgehead atoms. The minimum Gasteiger partial charge on any atom is -0.309 e. The van der Waals surface area contributed by atoms with E-state index in [2.05, 4.69) is 135 Å². The van der Waals surface area contributed by atoms with Gasteiger partial charge < -0.3 is 4.57 Å². The molecule has 3 heteroatoms. The van der Waals surface area contributed by atoms with Crippen molar-refractivity contribution in [3.8, 4) is 28.2 Å². The molecule has 0 N–H and O–H groups in total. The van der Waals surface area contributed by atoms with E-state index >= 15 is 0 Å². The highest BCUT2D eigenvalue weighted by Gasteiger charge is 2.17. The summed E-state index contributed by atoms with van der Waals surface area (Å²) in [6.07, 6.45) is 3.89. The van der Waals surface area contributed by atoms with Crippen LogP contribution >= 0.6 is 0 Å². The van der Waals surface area contributed by atoms with Crippen LogP contribution in [0, 0.1) is 0 Å². The maximum atomic E-state index is 4.80. The monoisotopic (exact) mass is 503 g/mol. The fraction of sp³-hybridized carbons (Fsp3) is 0.111. The standard InChI is InChI=1S/C36H29N3/c1-36(2,3)28-17-18-37-33(22-28)25-11-8-12-29(19-25)39-34-14-7-6-13-30(34)31-16-15-26(21-35(31)39)32-20-24-9-4-5-10-27(24)23-38-32/h4-23H,1-3H3. The molecule has 0 aliphatic rings. The first-order valence-corrected chi connectivity index (χ1v) is 13.4. The van der Waals surface area contributed by atoms with Gasteiger partial charge in [0.2, 0.25) is 0 Å². The Hall–Kier alpha value is -4.76. The number of fused-ring (bicyclic) bond motifs is 4. The molecule has 0 amide bonds. The van der Waals surface area contributed by atoms with Crippen molar-refractivity contribution in [1.82, 2.24) is 14.5 Å². The van der Waals surface area contributed by atoms with Crippen LogP contribution in [0.5, 0.6) is 0 Å². The number of benzene rings is 4. The molecule has 0 saturated carbocycles. The highest BCUT2D eigenvalue weighted by atomic mass is 15.0. The van der Waals surface area contributed by atoms with Crippen LogP contribution < -0.4 is 0 Å². The Morgan fingerprint density at radius 1 is 0.564 bits per heavy atom. The molecule has 0 radical (unpaired) electrons. The molecule has 3 heterocycles. The summed E-state index contributed by atoms with van der Waals surface area (Å²) in [6.45, 7) is 6.72. The molecule has 0 aliphatic heterocycles. The molecular weight excluding hydrogens is 474 g/mol. The van der Waals surface area contributed by atoms with Crippen LogP contribution in [0.2, 0.25) is 0 Å². The third-order valence-electron chi connectivity index (χ3n) is 7.63. The van der Waals surface area contributed by atoms with E-state index in [1.165, 1.54) is 27.2 Å². The first-order chi connectivity index (χ1) is 19.0. The first-order valence-electron chi connectivity index (χ1n) is 13.4. The van der Waals surface area contributed by atoms with Crippen molar-refractivity contribution in [2.45, 2.75) is 26.2 Å². The van der Waals surface area contributed by atoms with E-state index < -0.39 is 0 Å². The van der Waals surface area contributed by atoms with Crippen LogP contribution in [0.1, 0.15) is 26.3 Å². The Balaban J connectivity index is 1.42. The van der Waals surface area contributed by atoms with Gasteiger partial charge in [-0.1, -0.05) is 87.5 Å². The van der Waals surface area contributed by atoms with Gasteiger partial charge in [0.1, 0.15) is 0 Å². The van der Waals surface area contributed by atoms with E-state index in [1.807, 2.05) is 12.4 Å². The number of para-hydroxylation sites is 1.